The predicted molar refractivity (Wildman–Crippen MR) is 98.9 cm³/mol. The maximum atomic E-state index is 12.5. The van der Waals surface area contributed by atoms with E-state index >= 15 is 0 Å². The standard InChI is InChI=1S/C18H24N4O5/c1-26-13-9-11-12(10-14(13)27-2)21-18(25)15(16(11)23)17(24)20-5-8-22-6-3-19-4-7-22/h9-10,19H,3-8H2,1-2H3,(H,20,24)(H2,21,23,25)/p+2. The third-order valence-corrected chi connectivity index (χ3v) is 4.89. The number of carbonyl (C=O) groups is 1. The average molecular weight is 378 g/mol. The molecule has 0 spiro atoms. The molecule has 27 heavy (non-hydrogen) atoms. The zero-order valence-electron chi connectivity index (χ0n) is 15.6. The Balaban J connectivity index is 1.82. The van der Waals surface area contributed by atoms with Crippen molar-refractivity contribution >= 4 is 16.8 Å². The molecule has 2 aromatic rings. The number of pyridine rings is 1. The van der Waals surface area contributed by atoms with E-state index in [4.69, 9.17) is 9.47 Å². The van der Waals surface area contributed by atoms with Crippen LogP contribution in [0.25, 0.3) is 10.9 Å². The number of fused-ring (bicyclic) bond motifs is 1. The quantitative estimate of drug-likeness (QED) is 0.379. The summed E-state index contributed by atoms with van der Waals surface area (Å²) in [5.41, 5.74) is -0.581. The minimum atomic E-state index is -0.648. The lowest BCUT2D eigenvalue weighted by Gasteiger charge is -2.22. The van der Waals surface area contributed by atoms with Crippen LogP contribution in [-0.2, 0) is 0 Å². The number of hydrogen-bond acceptors (Lipinski definition) is 5. The van der Waals surface area contributed by atoms with Crippen molar-refractivity contribution in [3.05, 3.63) is 28.0 Å². The molecule has 0 aliphatic carbocycles. The summed E-state index contributed by atoms with van der Waals surface area (Å²) in [7, 11) is 2.95. The molecule has 9 nitrogen and oxygen atoms in total. The van der Waals surface area contributed by atoms with Gasteiger partial charge < -0.3 is 35.1 Å². The molecule has 0 radical (unpaired) electrons. The van der Waals surface area contributed by atoms with E-state index in [1.54, 1.807) is 6.07 Å². The number of carbonyl (C=O) groups excluding carboxylic acids is 1. The van der Waals surface area contributed by atoms with E-state index < -0.39 is 11.5 Å². The molecule has 0 unspecified atom stereocenters. The number of nitrogens with one attached hydrogen (secondary N) is 3. The van der Waals surface area contributed by atoms with Crippen LogP contribution in [-0.4, -0.2) is 69.5 Å². The molecule has 1 amide bonds. The van der Waals surface area contributed by atoms with Gasteiger partial charge >= 0.3 is 0 Å². The zero-order chi connectivity index (χ0) is 19.4. The highest BCUT2D eigenvalue weighted by molar-refractivity contribution is 6.02. The fourth-order valence-electron chi connectivity index (χ4n) is 3.39. The van der Waals surface area contributed by atoms with Gasteiger partial charge in [-0.15, -0.1) is 0 Å². The molecule has 1 aliphatic rings. The lowest BCUT2D eigenvalue weighted by atomic mass is 10.1. The molecule has 3 rings (SSSR count). The minimum Gasteiger partial charge on any atom is -0.506 e. The number of methoxy groups -OCH3 is 2. The Hall–Kier alpha value is -2.78. The third kappa shape index (κ3) is 3.99. The number of hydrogen-bond donors (Lipinski definition) is 5. The topological polar surface area (TPSA) is 122 Å². The van der Waals surface area contributed by atoms with Crippen LogP contribution >= 0.6 is 0 Å². The molecule has 1 aromatic heterocycles. The fraction of sp³-hybridized carbons (Fsp3) is 0.444. The third-order valence-electron chi connectivity index (χ3n) is 4.89. The number of ether oxygens (including phenoxy) is 2. The van der Waals surface area contributed by atoms with Gasteiger partial charge in [0.1, 0.15) is 37.5 Å². The number of piperazine rings is 1. The Bertz CT molecular complexity index is 889. The van der Waals surface area contributed by atoms with E-state index in [-0.39, 0.29) is 11.3 Å². The molecular weight excluding hydrogens is 352 g/mol. The van der Waals surface area contributed by atoms with Gasteiger partial charge in [0.05, 0.1) is 32.8 Å². The monoisotopic (exact) mass is 378 g/mol. The van der Waals surface area contributed by atoms with Crippen molar-refractivity contribution in [2.45, 2.75) is 0 Å². The number of H-pyrrole nitrogens is 1. The van der Waals surface area contributed by atoms with Crippen molar-refractivity contribution in [1.82, 2.24) is 10.3 Å². The normalized spacial score (nSPS) is 14.9. The van der Waals surface area contributed by atoms with Crippen molar-refractivity contribution < 1.29 is 29.6 Å². The molecule has 1 saturated heterocycles. The van der Waals surface area contributed by atoms with Crippen molar-refractivity contribution in [2.75, 3.05) is 53.5 Å². The first-order valence-corrected chi connectivity index (χ1v) is 8.99. The summed E-state index contributed by atoms with van der Waals surface area (Å²) in [6, 6.07) is 3.08. The number of quaternary nitrogens is 2. The van der Waals surface area contributed by atoms with E-state index in [9.17, 15) is 14.7 Å². The number of nitrogens with two attached hydrogens (primary N) is 1. The van der Waals surface area contributed by atoms with Crippen LogP contribution in [0.2, 0.25) is 0 Å². The second kappa shape index (κ2) is 8.28. The summed E-state index contributed by atoms with van der Waals surface area (Å²) >= 11 is 0. The molecular formula is C18H26N4O5+2. The molecule has 1 aromatic carbocycles. The van der Waals surface area contributed by atoms with Crippen LogP contribution in [0, 0.1) is 0 Å². The Morgan fingerprint density at radius 1 is 1.26 bits per heavy atom. The number of aromatic nitrogens is 1. The Kier molecular flexibility index (Phi) is 5.82. The highest BCUT2D eigenvalue weighted by Crippen LogP contribution is 2.35. The van der Waals surface area contributed by atoms with Crippen molar-refractivity contribution in [3.63, 3.8) is 0 Å². The Morgan fingerprint density at radius 3 is 2.59 bits per heavy atom. The van der Waals surface area contributed by atoms with Crippen LogP contribution < -0.4 is 30.6 Å². The molecule has 1 aliphatic heterocycles. The van der Waals surface area contributed by atoms with Crippen LogP contribution in [0.3, 0.4) is 0 Å². The first kappa shape index (κ1) is 19.0. The second-order valence-electron chi connectivity index (χ2n) is 6.55. The predicted octanol–water partition coefficient (Wildman–Crippen LogP) is -2.56. The van der Waals surface area contributed by atoms with Crippen LogP contribution in [0.1, 0.15) is 10.4 Å². The van der Waals surface area contributed by atoms with E-state index in [0.29, 0.717) is 28.9 Å². The molecule has 1 fully saturated rings. The lowest BCUT2D eigenvalue weighted by Crippen LogP contribution is -3.20. The van der Waals surface area contributed by atoms with E-state index in [1.165, 1.54) is 25.2 Å². The van der Waals surface area contributed by atoms with Crippen molar-refractivity contribution in [1.29, 1.82) is 0 Å². The highest BCUT2D eigenvalue weighted by Gasteiger charge is 2.21. The number of benzene rings is 1. The molecule has 0 saturated carbocycles. The first-order chi connectivity index (χ1) is 13.0. The summed E-state index contributed by atoms with van der Waals surface area (Å²) < 4.78 is 10.4. The van der Waals surface area contributed by atoms with Crippen molar-refractivity contribution in [3.8, 4) is 17.2 Å². The van der Waals surface area contributed by atoms with E-state index in [1.807, 2.05) is 0 Å². The summed E-state index contributed by atoms with van der Waals surface area (Å²) in [6.07, 6.45) is 0. The van der Waals surface area contributed by atoms with Gasteiger partial charge in [-0.05, 0) is 6.07 Å². The largest absolute Gasteiger partial charge is 0.506 e. The van der Waals surface area contributed by atoms with Gasteiger partial charge in [-0.1, -0.05) is 0 Å². The minimum absolute atomic E-state index is 0.295. The summed E-state index contributed by atoms with van der Waals surface area (Å²) in [5, 5.41) is 15.9. The van der Waals surface area contributed by atoms with Gasteiger partial charge in [0, 0.05) is 11.5 Å². The zero-order valence-corrected chi connectivity index (χ0v) is 15.6. The van der Waals surface area contributed by atoms with Crippen LogP contribution in [0.4, 0.5) is 0 Å². The van der Waals surface area contributed by atoms with Crippen LogP contribution in [0.5, 0.6) is 17.2 Å². The second-order valence-corrected chi connectivity index (χ2v) is 6.55. The summed E-state index contributed by atoms with van der Waals surface area (Å²) in [6.45, 7) is 5.51. The number of aromatic amines is 1. The molecule has 0 bridgehead atoms. The maximum Gasteiger partial charge on any atom is 0.265 e. The highest BCUT2D eigenvalue weighted by atomic mass is 16.5. The maximum absolute atomic E-state index is 12.5. The molecule has 9 heteroatoms. The molecule has 2 heterocycles. The molecule has 6 N–H and O–H groups in total. The van der Waals surface area contributed by atoms with Crippen LogP contribution in [0.15, 0.2) is 16.9 Å². The number of amides is 1. The van der Waals surface area contributed by atoms with Gasteiger partial charge in [-0.2, -0.15) is 0 Å². The van der Waals surface area contributed by atoms with Gasteiger partial charge in [0.15, 0.2) is 11.5 Å². The molecule has 0 atom stereocenters. The number of rotatable bonds is 6. The Labute approximate surface area is 156 Å². The SMILES string of the molecule is COc1cc2[nH]c(=O)c(C(=O)NCC[NH+]3CC[NH2+]CC3)c(O)c2cc1OC. The lowest BCUT2D eigenvalue weighted by molar-refractivity contribution is -0.945. The summed E-state index contributed by atoms with van der Waals surface area (Å²) in [4.78, 5) is 28.9. The van der Waals surface area contributed by atoms with Gasteiger partial charge in [0.25, 0.3) is 11.5 Å². The van der Waals surface area contributed by atoms with Crippen molar-refractivity contribution in [2.24, 2.45) is 0 Å². The van der Waals surface area contributed by atoms with E-state index in [0.717, 1.165) is 32.7 Å². The van der Waals surface area contributed by atoms with E-state index in [2.05, 4.69) is 15.6 Å². The van der Waals surface area contributed by atoms with Gasteiger partial charge in [0.2, 0.25) is 0 Å². The van der Waals surface area contributed by atoms with Gasteiger partial charge in [-0.3, -0.25) is 9.59 Å². The smallest absolute Gasteiger partial charge is 0.265 e. The average Bonchev–Trinajstić information content (AvgIpc) is 2.68. The number of aromatic hydroxyl groups is 1. The van der Waals surface area contributed by atoms with Gasteiger partial charge in [-0.25, -0.2) is 0 Å². The fourth-order valence-corrected chi connectivity index (χ4v) is 3.39. The summed E-state index contributed by atoms with van der Waals surface area (Å²) in [5.74, 6) is -0.149. The first-order valence-electron chi connectivity index (χ1n) is 8.99. The molecule has 146 valence electrons. The Morgan fingerprint density at radius 2 is 1.93 bits per heavy atom.